The van der Waals surface area contributed by atoms with Crippen molar-refractivity contribution >= 4 is 11.8 Å². The summed E-state index contributed by atoms with van der Waals surface area (Å²) in [7, 11) is 0. The molecule has 1 atom stereocenters. The minimum atomic E-state index is -0.441. The second-order valence-electron chi connectivity index (χ2n) is 9.44. The lowest BCUT2D eigenvalue weighted by Crippen LogP contribution is -2.51. The van der Waals surface area contributed by atoms with Crippen LogP contribution in [-0.4, -0.2) is 28.8 Å². The van der Waals surface area contributed by atoms with Gasteiger partial charge in [-0.3, -0.25) is 9.59 Å². The molecule has 33 heavy (non-hydrogen) atoms. The van der Waals surface area contributed by atoms with Crippen molar-refractivity contribution in [1.82, 2.24) is 10.2 Å². The number of carbonyl (C=O) groups excluding carboxylic acids is 2. The Morgan fingerprint density at radius 1 is 0.909 bits per heavy atom. The summed E-state index contributed by atoms with van der Waals surface area (Å²) in [6, 6.07) is 16.6. The molecular weight excluding hydrogens is 408 g/mol. The van der Waals surface area contributed by atoms with Crippen molar-refractivity contribution in [3.8, 4) is 0 Å². The third-order valence-corrected chi connectivity index (χ3v) is 6.87. The Morgan fingerprint density at radius 3 is 2.12 bits per heavy atom. The fourth-order valence-corrected chi connectivity index (χ4v) is 4.69. The van der Waals surface area contributed by atoms with Crippen molar-refractivity contribution in [3.05, 3.63) is 70.8 Å². The fourth-order valence-electron chi connectivity index (χ4n) is 4.69. The summed E-state index contributed by atoms with van der Waals surface area (Å²) in [6.45, 7) is 6.67. The smallest absolute Gasteiger partial charge is 0.243 e. The van der Waals surface area contributed by atoms with Crippen LogP contribution in [-0.2, 0) is 29.0 Å². The van der Waals surface area contributed by atoms with Gasteiger partial charge in [-0.1, -0.05) is 87.2 Å². The van der Waals surface area contributed by atoms with E-state index < -0.39 is 6.04 Å². The molecule has 0 heterocycles. The highest BCUT2D eigenvalue weighted by Gasteiger charge is 2.30. The quantitative estimate of drug-likeness (QED) is 0.503. The first kappa shape index (κ1) is 25.0. The summed E-state index contributed by atoms with van der Waals surface area (Å²) < 4.78 is 0. The largest absolute Gasteiger partial charge is 0.352 e. The molecule has 2 aromatic rings. The number of rotatable bonds is 10. The van der Waals surface area contributed by atoms with E-state index in [9.17, 15) is 9.59 Å². The number of hydrogen-bond donors (Lipinski definition) is 1. The minimum Gasteiger partial charge on any atom is -0.352 e. The van der Waals surface area contributed by atoms with Crippen LogP contribution in [0.1, 0.15) is 81.0 Å². The third kappa shape index (κ3) is 7.45. The maximum Gasteiger partial charge on any atom is 0.243 e. The number of amides is 2. The van der Waals surface area contributed by atoms with Crippen LogP contribution in [0.15, 0.2) is 48.5 Å². The van der Waals surface area contributed by atoms with Gasteiger partial charge in [0, 0.05) is 19.0 Å². The second-order valence-corrected chi connectivity index (χ2v) is 9.44. The van der Waals surface area contributed by atoms with E-state index in [2.05, 4.69) is 67.7 Å². The molecule has 0 bridgehead atoms. The Labute approximate surface area is 199 Å². The Bertz CT molecular complexity index is 883. The van der Waals surface area contributed by atoms with Gasteiger partial charge in [0.1, 0.15) is 6.04 Å². The standard InChI is InChI=1S/C29H40N2O2/c1-4-23-15-17-24(18-16-23)19-20-28(32)31(21-25-13-11-22(3)12-14-25)27(5-2)29(33)30-26-9-7-6-8-10-26/h11-18,26-27H,4-10,19-21H2,1-3H3,(H,30,33)/t27-/m1/s1. The van der Waals surface area contributed by atoms with E-state index in [-0.39, 0.29) is 17.9 Å². The molecule has 3 rings (SSSR count). The molecule has 2 amide bonds. The van der Waals surface area contributed by atoms with Crippen molar-refractivity contribution in [3.63, 3.8) is 0 Å². The summed E-state index contributed by atoms with van der Waals surface area (Å²) in [5.41, 5.74) is 4.71. The van der Waals surface area contributed by atoms with E-state index in [0.717, 1.165) is 30.4 Å². The van der Waals surface area contributed by atoms with Gasteiger partial charge in [0.2, 0.25) is 11.8 Å². The van der Waals surface area contributed by atoms with Crippen molar-refractivity contribution in [1.29, 1.82) is 0 Å². The van der Waals surface area contributed by atoms with Gasteiger partial charge < -0.3 is 10.2 Å². The number of hydrogen-bond acceptors (Lipinski definition) is 2. The Kier molecular flexibility index (Phi) is 9.53. The molecular formula is C29H40N2O2. The molecule has 4 heteroatoms. The van der Waals surface area contributed by atoms with Crippen molar-refractivity contribution in [2.45, 2.75) is 97.2 Å². The zero-order chi connectivity index (χ0) is 23.6. The van der Waals surface area contributed by atoms with Gasteiger partial charge in [-0.2, -0.15) is 0 Å². The molecule has 1 saturated carbocycles. The normalized spacial score (nSPS) is 15.1. The van der Waals surface area contributed by atoms with Crippen LogP contribution in [0.3, 0.4) is 0 Å². The number of carbonyl (C=O) groups is 2. The van der Waals surface area contributed by atoms with E-state index in [1.807, 2.05) is 11.8 Å². The number of aryl methyl sites for hydroxylation is 3. The molecule has 178 valence electrons. The lowest BCUT2D eigenvalue weighted by Gasteiger charge is -2.33. The Balaban J connectivity index is 1.73. The van der Waals surface area contributed by atoms with Crippen LogP contribution in [0.2, 0.25) is 0 Å². The molecule has 0 aromatic heterocycles. The van der Waals surface area contributed by atoms with Crippen LogP contribution in [0.25, 0.3) is 0 Å². The molecule has 0 radical (unpaired) electrons. The van der Waals surface area contributed by atoms with Gasteiger partial charge >= 0.3 is 0 Å². The van der Waals surface area contributed by atoms with Gasteiger partial charge in [0.25, 0.3) is 0 Å². The number of benzene rings is 2. The van der Waals surface area contributed by atoms with E-state index in [1.165, 1.54) is 30.4 Å². The average molecular weight is 449 g/mol. The van der Waals surface area contributed by atoms with E-state index in [0.29, 0.717) is 25.8 Å². The second kappa shape index (κ2) is 12.6. The van der Waals surface area contributed by atoms with Crippen LogP contribution in [0, 0.1) is 6.92 Å². The maximum absolute atomic E-state index is 13.5. The molecule has 0 spiro atoms. The van der Waals surface area contributed by atoms with E-state index >= 15 is 0 Å². The Hall–Kier alpha value is -2.62. The highest BCUT2D eigenvalue weighted by Crippen LogP contribution is 2.20. The maximum atomic E-state index is 13.5. The minimum absolute atomic E-state index is 0.00263. The first-order valence-electron chi connectivity index (χ1n) is 12.7. The Morgan fingerprint density at radius 2 is 1.52 bits per heavy atom. The highest BCUT2D eigenvalue weighted by molar-refractivity contribution is 5.88. The predicted octanol–water partition coefficient (Wildman–Crippen LogP) is 5.75. The van der Waals surface area contributed by atoms with Gasteiger partial charge in [-0.15, -0.1) is 0 Å². The zero-order valence-corrected chi connectivity index (χ0v) is 20.6. The molecule has 0 unspecified atom stereocenters. The summed E-state index contributed by atoms with van der Waals surface area (Å²) in [5.74, 6) is 0.0398. The highest BCUT2D eigenvalue weighted by atomic mass is 16.2. The fraction of sp³-hybridized carbons (Fsp3) is 0.517. The molecule has 2 aromatic carbocycles. The van der Waals surface area contributed by atoms with Gasteiger partial charge in [-0.25, -0.2) is 0 Å². The van der Waals surface area contributed by atoms with Crippen LogP contribution in [0.5, 0.6) is 0 Å². The van der Waals surface area contributed by atoms with Crippen LogP contribution >= 0.6 is 0 Å². The van der Waals surface area contributed by atoms with E-state index in [1.54, 1.807) is 0 Å². The third-order valence-electron chi connectivity index (χ3n) is 6.87. The molecule has 0 saturated heterocycles. The summed E-state index contributed by atoms with van der Waals surface area (Å²) >= 11 is 0. The first-order valence-corrected chi connectivity index (χ1v) is 12.7. The van der Waals surface area contributed by atoms with Crippen LogP contribution < -0.4 is 5.32 Å². The summed E-state index contributed by atoms with van der Waals surface area (Å²) in [4.78, 5) is 28.5. The molecule has 1 aliphatic carbocycles. The zero-order valence-electron chi connectivity index (χ0n) is 20.6. The summed E-state index contributed by atoms with van der Waals surface area (Å²) in [5, 5.41) is 3.25. The lowest BCUT2D eigenvalue weighted by atomic mass is 9.95. The summed E-state index contributed by atoms with van der Waals surface area (Å²) in [6.07, 6.45) is 8.40. The van der Waals surface area contributed by atoms with Crippen molar-refractivity contribution in [2.24, 2.45) is 0 Å². The predicted molar refractivity (Wildman–Crippen MR) is 135 cm³/mol. The van der Waals surface area contributed by atoms with Crippen molar-refractivity contribution < 1.29 is 9.59 Å². The first-order chi connectivity index (χ1) is 16.0. The molecule has 4 nitrogen and oxygen atoms in total. The monoisotopic (exact) mass is 448 g/mol. The van der Waals surface area contributed by atoms with Gasteiger partial charge in [0.15, 0.2) is 0 Å². The number of nitrogens with one attached hydrogen (secondary N) is 1. The lowest BCUT2D eigenvalue weighted by molar-refractivity contribution is -0.141. The molecule has 1 aliphatic rings. The molecule has 0 aliphatic heterocycles. The van der Waals surface area contributed by atoms with Gasteiger partial charge in [-0.05, 0) is 55.7 Å². The SMILES string of the molecule is CCc1ccc(CCC(=O)N(Cc2ccc(C)cc2)[C@H](CC)C(=O)NC2CCCCC2)cc1. The molecule has 1 N–H and O–H groups in total. The average Bonchev–Trinajstić information content (AvgIpc) is 2.84. The van der Waals surface area contributed by atoms with Gasteiger partial charge in [0.05, 0.1) is 0 Å². The number of nitrogens with zero attached hydrogens (tertiary/aromatic N) is 1. The van der Waals surface area contributed by atoms with Crippen molar-refractivity contribution in [2.75, 3.05) is 0 Å². The van der Waals surface area contributed by atoms with Crippen LogP contribution in [0.4, 0.5) is 0 Å². The van der Waals surface area contributed by atoms with E-state index in [4.69, 9.17) is 0 Å². The topological polar surface area (TPSA) is 49.4 Å². The molecule has 1 fully saturated rings.